The zero-order chi connectivity index (χ0) is 32.6. The van der Waals surface area contributed by atoms with Gasteiger partial charge in [-0.3, -0.25) is 4.55 Å². The maximum atomic E-state index is 10.5. The predicted molar refractivity (Wildman–Crippen MR) is 162 cm³/mol. The van der Waals surface area contributed by atoms with Crippen LogP contribution >= 0.6 is 0 Å². The van der Waals surface area contributed by atoms with Crippen LogP contribution in [0, 0.1) is 27.7 Å². The summed E-state index contributed by atoms with van der Waals surface area (Å²) in [6.45, 7) is 11.3. The van der Waals surface area contributed by atoms with Gasteiger partial charge in [-0.15, -0.1) is 0 Å². The average Bonchev–Trinajstić information content (AvgIpc) is 2.90. The van der Waals surface area contributed by atoms with E-state index < -0.39 is 30.4 Å². The van der Waals surface area contributed by atoms with Crippen LogP contribution in [0.3, 0.4) is 0 Å². The van der Waals surface area contributed by atoms with Crippen LogP contribution in [0.25, 0.3) is 0 Å². The minimum absolute atomic E-state index is 0.0579. The summed E-state index contributed by atoms with van der Waals surface area (Å²) in [7, 11) is -12.6. The Morgan fingerprint density at radius 2 is 0.952 bits per heavy atom. The molecule has 0 aromatic heterocycles. The van der Waals surface area contributed by atoms with Gasteiger partial charge in [0.1, 0.15) is 20.2 Å². The first-order valence-electron chi connectivity index (χ1n) is 12.5. The predicted octanol–water partition coefficient (Wildman–Crippen LogP) is 6.06. The molecule has 0 aliphatic carbocycles. The summed E-state index contributed by atoms with van der Waals surface area (Å²) < 4.78 is 92.3. The Morgan fingerprint density at radius 1 is 0.500 bits per heavy atom. The van der Waals surface area contributed by atoms with Crippen molar-refractivity contribution in [2.24, 2.45) is 0 Å². The SMILES string of the molecule is CC.Cc1ccc(S(=O)(=O)[O-])cc1.Cc1cccc(S(=O)(=O)O)c1.Cc1ccccc1.Cc1ccccc1S(=O)(=O)[O-]. The second-order valence-electron chi connectivity index (χ2n) is 8.43. The van der Waals surface area contributed by atoms with Gasteiger partial charge in [0.25, 0.3) is 10.1 Å². The molecule has 12 heteroatoms. The van der Waals surface area contributed by atoms with Gasteiger partial charge in [-0.25, -0.2) is 16.8 Å². The van der Waals surface area contributed by atoms with Crippen LogP contribution in [-0.4, -0.2) is 38.9 Å². The number of aryl methyl sites for hydroxylation is 4. The van der Waals surface area contributed by atoms with Crippen molar-refractivity contribution in [1.82, 2.24) is 0 Å². The molecule has 42 heavy (non-hydrogen) atoms. The Kier molecular flexibility index (Phi) is 16.7. The molecule has 0 amide bonds. The summed E-state index contributed by atoms with van der Waals surface area (Å²) >= 11 is 0. The number of hydrogen-bond acceptors (Lipinski definition) is 8. The average molecular weight is 637 g/mol. The van der Waals surface area contributed by atoms with Crippen molar-refractivity contribution < 1.29 is 38.9 Å². The second-order valence-corrected chi connectivity index (χ2v) is 12.6. The molecule has 0 bridgehead atoms. The van der Waals surface area contributed by atoms with E-state index >= 15 is 0 Å². The first kappa shape index (κ1) is 38.6. The van der Waals surface area contributed by atoms with Crippen molar-refractivity contribution in [3.05, 3.63) is 125 Å². The molecule has 4 aromatic rings. The molecule has 0 unspecified atom stereocenters. The van der Waals surface area contributed by atoms with Gasteiger partial charge in [0.15, 0.2) is 0 Å². The fraction of sp³-hybridized carbons (Fsp3) is 0.200. The minimum atomic E-state index is -4.28. The van der Waals surface area contributed by atoms with Gasteiger partial charge in [0.05, 0.1) is 14.7 Å². The van der Waals surface area contributed by atoms with E-state index in [1.165, 1.54) is 42.0 Å². The zero-order valence-electron chi connectivity index (χ0n) is 24.3. The molecule has 230 valence electrons. The van der Waals surface area contributed by atoms with Gasteiger partial charge in [-0.1, -0.05) is 97.8 Å². The summed E-state index contributed by atoms with van der Waals surface area (Å²) in [4.78, 5) is -0.374. The standard InChI is InChI=1S/3C7H8O3S.C7H8.C2H6/c1-6-2-4-7(5-3-6)11(8,9)10;1-6-3-2-4-7(5-6)11(8,9)10;1-6-4-2-3-5-7(6)11(8,9)10;1-7-5-3-2-4-6-7;1-2/h3*2-5H,1H3,(H,8,9,10);2-6H,1H3;1-2H3/p-2. The van der Waals surface area contributed by atoms with Crippen LogP contribution in [0.4, 0.5) is 0 Å². The molecular formula is C30H36O9S3-2. The van der Waals surface area contributed by atoms with Crippen LogP contribution < -0.4 is 0 Å². The summed E-state index contributed by atoms with van der Waals surface area (Å²) in [5.41, 5.74) is 3.54. The summed E-state index contributed by atoms with van der Waals surface area (Å²) in [5, 5.41) is 0. The lowest BCUT2D eigenvalue weighted by Crippen LogP contribution is -2.00. The van der Waals surface area contributed by atoms with Crippen LogP contribution in [0.5, 0.6) is 0 Å². The quantitative estimate of drug-likeness (QED) is 0.263. The van der Waals surface area contributed by atoms with E-state index in [1.807, 2.05) is 39.0 Å². The van der Waals surface area contributed by atoms with Gasteiger partial charge < -0.3 is 9.11 Å². The van der Waals surface area contributed by atoms with Gasteiger partial charge in [0.2, 0.25) is 0 Å². The van der Waals surface area contributed by atoms with Gasteiger partial charge in [-0.2, -0.15) is 8.42 Å². The van der Waals surface area contributed by atoms with Gasteiger partial charge >= 0.3 is 0 Å². The van der Waals surface area contributed by atoms with Crippen LogP contribution in [0.1, 0.15) is 36.1 Å². The Morgan fingerprint density at radius 3 is 1.29 bits per heavy atom. The van der Waals surface area contributed by atoms with E-state index in [1.54, 1.807) is 50.2 Å². The molecule has 0 spiro atoms. The largest absolute Gasteiger partial charge is 0.744 e. The molecule has 0 fully saturated rings. The number of benzene rings is 4. The normalized spacial score (nSPS) is 10.6. The molecule has 0 aliphatic rings. The first-order valence-corrected chi connectivity index (χ1v) is 16.8. The van der Waals surface area contributed by atoms with E-state index in [0.29, 0.717) is 5.56 Å². The highest BCUT2D eigenvalue weighted by Gasteiger charge is 2.07. The highest BCUT2D eigenvalue weighted by atomic mass is 32.2. The fourth-order valence-corrected chi connectivity index (χ4v) is 4.61. The van der Waals surface area contributed by atoms with E-state index in [2.05, 4.69) is 19.1 Å². The van der Waals surface area contributed by atoms with E-state index in [-0.39, 0.29) is 14.7 Å². The number of rotatable bonds is 3. The Labute approximate surface area is 250 Å². The Balaban J connectivity index is 0.000000529. The lowest BCUT2D eigenvalue weighted by Gasteiger charge is -2.08. The molecule has 0 heterocycles. The van der Waals surface area contributed by atoms with Crippen molar-refractivity contribution in [2.75, 3.05) is 0 Å². The van der Waals surface area contributed by atoms with E-state index in [4.69, 9.17) is 4.55 Å². The van der Waals surface area contributed by atoms with Crippen LogP contribution in [-0.2, 0) is 30.4 Å². The first-order chi connectivity index (χ1) is 19.4. The molecular weight excluding hydrogens is 601 g/mol. The molecule has 0 saturated heterocycles. The third-order valence-electron chi connectivity index (χ3n) is 4.90. The fourth-order valence-electron chi connectivity index (χ4n) is 2.85. The molecule has 4 aromatic carbocycles. The lowest BCUT2D eigenvalue weighted by atomic mass is 10.2. The van der Waals surface area contributed by atoms with Crippen LogP contribution in [0.15, 0.2) is 118 Å². The second kappa shape index (κ2) is 18.2. The molecule has 1 N–H and O–H groups in total. The number of hydrogen-bond donors (Lipinski definition) is 1. The van der Waals surface area contributed by atoms with Crippen molar-refractivity contribution in [3.63, 3.8) is 0 Å². The molecule has 4 rings (SSSR count). The highest BCUT2D eigenvalue weighted by Crippen LogP contribution is 2.12. The molecule has 0 radical (unpaired) electrons. The Hall–Kier alpha value is -3.39. The lowest BCUT2D eigenvalue weighted by molar-refractivity contribution is 0.460. The van der Waals surface area contributed by atoms with Crippen molar-refractivity contribution in [2.45, 2.75) is 56.2 Å². The minimum Gasteiger partial charge on any atom is -0.744 e. The van der Waals surface area contributed by atoms with Gasteiger partial charge in [-0.05, 0) is 69.2 Å². The highest BCUT2D eigenvalue weighted by molar-refractivity contribution is 7.86. The van der Waals surface area contributed by atoms with E-state index in [9.17, 15) is 34.4 Å². The van der Waals surface area contributed by atoms with E-state index in [0.717, 1.165) is 11.1 Å². The monoisotopic (exact) mass is 636 g/mol. The molecule has 0 aliphatic heterocycles. The van der Waals surface area contributed by atoms with Crippen molar-refractivity contribution >= 4 is 30.4 Å². The zero-order valence-corrected chi connectivity index (χ0v) is 26.7. The summed E-state index contributed by atoms with van der Waals surface area (Å²) in [6.07, 6.45) is 0. The summed E-state index contributed by atoms with van der Waals surface area (Å²) in [6, 6.07) is 28.2. The Bertz CT molecular complexity index is 1680. The maximum Gasteiger partial charge on any atom is 0.294 e. The third kappa shape index (κ3) is 16.2. The van der Waals surface area contributed by atoms with Gasteiger partial charge in [0, 0.05) is 0 Å². The van der Waals surface area contributed by atoms with Crippen molar-refractivity contribution in [3.8, 4) is 0 Å². The van der Waals surface area contributed by atoms with Crippen LogP contribution in [0.2, 0.25) is 0 Å². The molecule has 0 saturated carbocycles. The maximum absolute atomic E-state index is 10.5. The summed E-state index contributed by atoms with van der Waals surface area (Å²) in [5.74, 6) is 0. The molecule has 0 atom stereocenters. The third-order valence-corrected chi connectivity index (χ3v) is 7.60. The van der Waals surface area contributed by atoms with Crippen molar-refractivity contribution in [1.29, 1.82) is 0 Å². The molecule has 9 nitrogen and oxygen atoms in total. The topological polar surface area (TPSA) is 169 Å². The smallest absolute Gasteiger partial charge is 0.294 e.